The predicted octanol–water partition coefficient (Wildman–Crippen LogP) is 5.12. The molecular formula is C25H24N2O3. The second-order valence-corrected chi connectivity index (χ2v) is 8.36. The molecule has 0 amide bonds. The first-order chi connectivity index (χ1) is 14.5. The van der Waals surface area contributed by atoms with Gasteiger partial charge in [-0.3, -0.25) is 4.79 Å². The number of ether oxygens (including phenoxy) is 1. The molecule has 2 aromatic heterocycles. The highest BCUT2D eigenvalue weighted by atomic mass is 16.5. The summed E-state index contributed by atoms with van der Waals surface area (Å²) in [5, 5.41) is 1.94. The van der Waals surface area contributed by atoms with E-state index in [1.807, 2.05) is 43.3 Å². The average Bonchev–Trinajstić information content (AvgIpc) is 3.27. The second kappa shape index (κ2) is 7.17. The number of nitrogens with one attached hydrogen (secondary N) is 2. The summed E-state index contributed by atoms with van der Waals surface area (Å²) in [6, 6.07) is 13.2. The largest absolute Gasteiger partial charge is 0.454 e. The van der Waals surface area contributed by atoms with Crippen molar-refractivity contribution in [1.82, 2.24) is 9.97 Å². The van der Waals surface area contributed by atoms with Crippen LogP contribution in [0.3, 0.4) is 0 Å². The zero-order valence-corrected chi connectivity index (χ0v) is 17.2. The summed E-state index contributed by atoms with van der Waals surface area (Å²) >= 11 is 0. The van der Waals surface area contributed by atoms with Gasteiger partial charge in [-0.15, -0.1) is 0 Å². The number of rotatable bonds is 4. The second-order valence-electron chi connectivity index (χ2n) is 8.36. The Hall–Kier alpha value is -3.34. The minimum Gasteiger partial charge on any atom is -0.454 e. The van der Waals surface area contributed by atoms with E-state index >= 15 is 0 Å². The first-order valence-corrected chi connectivity index (χ1v) is 10.4. The lowest BCUT2D eigenvalue weighted by Crippen LogP contribution is -2.15. The molecule has 0 fully saturated rings. The first-order valence-electron chi connectivity index (χ1n) is 10.4. The summed E-state index contributed by atoms with van der Waals surface area (Å²) in [5.41, 5.74) is 6.39. The van der Waals surface area contributed by atoms with Gasteiger partial charge in [-0.1, -0.05) is 25.1 Å². The Bertz CT molecular complexity index is 1290. The number of carbonyl (C=O) groups excluding carboxylic acids is 2. The van der Waals surface area contributed by atoms with Gasteiger partial charge < -0.3 is 14.7 Å². The molecular weight excluding hydrogens is 376 g/mol. The highest BCUT2D eigenvalue weighted by Crippen LogP contribution is 2.32. The van der Waals surface area contributed by atoms with Gasteiger partial charge in [0.1, 0.15) is 0 Å². The van der Waals surface area contributed by atoms with Gasteiger partial charge >= 0.3 is 5.97 Å². The van der Waals surface area contributed by atoms with Crippen LogP contribution in [0.5, 0.6) is 0 Å². The summed E-state index contributed by atoms with van der Waals surface area (Å²) in [7, 11) is 0. The number of aromatic nitrogens is 2. The molecule has 0 saturated carbocycles. The van der Waals surface area contributed by atoms with Crippen molar-refractivity contribution >= 4 is 33.6 Å². The van der Waals surface area contributed by atoms with Crippen LogP contribution >= 0.6 is 0 Å². The minimum atomic E-state index is -0.471. The van der Waals surface area contributed by atoms with Gasteiger partial charge in [-0.05, 0) is 61.9 Å². The van der Waals surface area contributed by atoms with E-state index in [9.17, 15) is 9.59 Å². The highest BCUT2D eigenvalue weighted by molar-refractivity contribution is 6.10. The third-order valence-corrected chi connectivity index (χ3v) is 6.18. The number of benzene rings is 2. The topological polar surface area (TPSA) is 75.0 Å². The van der Waals surface area contributed by atoms with Crippen LogP contribution in [0.15, 0.2) is 42.5 Å². The van der Waals surface area contributed by atoms with Crippen molar-refractivity contribution in [3.05, 3.63) is 70.5 Å². The van der Waals surface area contributed by atoms with Crippen LogP contribution < -0.4 is 0 Å². The van der Waals surface area contributed by atoms with E-state index in [1.54, 1.807) is 6.07 Å². The maximum absolute atomic E-state index is 12.8. The zero-order chi connectivity index (χ0) is 20.8. The lowest BCUT2D eigenvalue weighted by atomic mass is 9.87. The van der Waals surface area contributed by atoms with E-state index in [0.29, 0.717) is 17.0 Å². The predicted molar refractivity (Wildman–Crippen MR) is 117 cm³/mol. The highest BCUT2D eigenvalue weighted by Gasteiger charge is 2.22. The quantitative estimate of drug-likeness (QED) is 0.369. The molecule has 5 heteroatoms. The van der Waals surface area contributed by atoms with Crippen LogP contribution in [0.4, 0.5) is 0 Å². The summed E-state index contributed by atoms with van der Waals surface area (Å²) in [4.78, 5) is 32.1. The molecule has 152 valence electrons. The van der Waals surface area contributed by atoms with Crippen molar-refractivity contribution in [2.75, 3.05) is 6.61 Å². The van der Waals surface area contributed by atoms with E-state index in [2.05, 4.69) is 16.9 Å². The van der Waals surface area contributed by atoms with E-state index in [1.165, 1.54) is 17.7 Å². The van der Waals surface area contributed by atoms with Crippen molar-refractivity contribution in [2.45, 2.75) is 33.1 Å². The molecule has 0 bridgehead atoms. The van der Waals surface area contributed by atoms with E-state index in [0.717, 1.165) is 40.3 Å². The van der Waals surface area contributed by atoms with Crippen LogP contribution in [0.1, 0.15) is 51.0 Å². The van der Waals surface area contributed by atoms with Gasteiger partial charge in [0.25, 0.3) is 0 Å². The number of para-hydroxylation sites is 1. The average molecular weight is 400 g/mol. The molecule has 2 aromatic carbocycles. The van der Waals surface area contributed by atoms with Crippen LogP contribution in [0.25, 0.3) is 21.8 Å². The molecule has 5 rings (SSSR count). The van der Waals surface area contributed by atoms with E-state index < -0.39 is 5.97 Å². The number of hydrogen-bond donors (Lipinski definition) is 2. The Morgan fingerprint density at radius 1 is 1.07 bits per heavy atom. The Morgan fingerprint density at radius 3 is 2.73 bits per heavy atom. The molecule has 1 aliphatic carbocycles. The van der Waals surface area contributed by atoms with Crippen molar-refractivity contribution in [2.24, 2.45) is 5.92 Å². The molecule has 1 aliphatic rings. The van der Waals surface area contributed by atoms with Crippen LogP contribution in [0.2, 0.25) is 0 Å². The van der Waals surface area contributed by atoms with Crippen LogP contribution in [-0.4, -0.2) is 28.3 Å². The van der Waals surface area contributed by atoms with Crippen LogP contribution in [0, 0.1) is 12.8 Å². The van der Waals surface area contributed by atoms with Gasteiger partial charge in [-0.25, -0.2) is 4.79 Å². The Kier molecular flexibility index (Phi) is 4.46. The molecule has 1 atom stereocenters. The monoisotopic (exact) mass is 400 g/mol. The maximum atomic E-state index is 12.8. The fraction of sp³-hybridized carbons (Fsp3) is 0.280. The summed E-state index contributed by atoms with van der Waals surface area (Å²) in [6.07, 6.45) is 3.25. The van der Waals surface area contributed by atoms with Gasteiger partial charge in [0.05, 0.1) is 5.56 Å². The number of hydrogen-bond acceptors (Lipinski definition) is 3. The summed E-state index contributed by atoms with van der Waals surface area (Å²) in [5.74, 6) is -0.0297. The van der Waals surface area contributed by atoms with Gasteiger partial charge in [0.2, 0.25) is 5.78 Å². The molecule has 4 aromatic rings. The first kappa shape index (κ1) is 18.7. The number of ketones is 1. The summed E-state index contributed by atoms with van der Waals surface area (Å²) in [6.45, 7) is 3.85. The molecule has 2 heterocycles. The third kappa shape index (κ3) is 3.11. The van der Waals surface area contributed by atoms with Crippen molar-refractivity contribution in [3.63, 3.8) is 0 Å². The molecule has 0 aliphatic heterocycles. The lowest BCUT2D eigenvalue weighted by Gasteiger charge is -2.18. The van der Waals surface area contributed by atoms with E-state index in [-0.39, 0.29) is 12.4 Å². The Morgan fingerprint density at radius 2 is 1.87 bits per heavy atom. The molecule has 0 radical (unpaired) electrons. The van der Waals surface area contributed by atoms with Crippen LogP contribution in [-0.2, 0) is 17.6 Å². The standard InChI is InChI=1S/C25H24N2O3/c1-14-7-9-21-18(11-14)19-12-16(8-10-22(19)27-21)25(29)30-13-23(28)24-15(2)26-20-6-4-3-5-17(20)24/h3-6,8,10,12,14,26-27H,7,9,11,13H2,1-2H3/t14-/m0/s1. The maximum Gasteiger partial charge on any atom is 0.338 e. The molecule has 0 spiro atoms. The number of H-pyrrole nitrogens is 2. The summed E-state index contributed by atoms with van der Waals surface area (Å²) < 4.78 is 5.40. The van der Waals surface area contributed by atoms with E-state index in [4.69, 9.17) is 4.74 Å². The normalized spacial score (nSPS) is 16.0. The smallest absolute Gasteiger partial charge is 0.338 e. The number of fused-ring (bicyclic) bond motifs is 4. The molecule has 0 unspecified atom stereocenters. The number of esters is 1. The lowest BCUT2D eigenvalue weighted by molar-refractivity contribution is 0.0475. The van der Waals surface area contributed by atoms with Crippen molar-refractivity contribution in [3.8, 4) is 0 Å². The van der Waals surface area contributed by atoms with Crippen molar-refractivity contribution < 1.29 is 14.3 Å². The molecule has 0 saturated heterocycles. The van der Waals surface area contributed by atoms with Gasteiger partial charge in [0, 0.05) is 38.8 Å². The Labute approximate surface area is 174 Å². The number of aryl methyl sites for hydroxylation is 2. The Balaban J connectivity index is 1.36. The molecule has 30 heavy (non-hydrogen) atoms. The fourth-order valence-corrected chi connectivity index (χ4v) is 4.64. The number of carbonyl (C=O) groups is 2. The number of Topliss-reactive ketones (excluding diaryl/α,β-unsaturated/α-hetero) is 1. The van der Waals surface area contributed by atoms with Crippen molar-refractivity contribution in [1.29, 1.82) is 0 Å². The third-order valence-electron chi connectivity index (χ3n) is 6.18. The fourth-order valence-electron chi connectivity index (χ4n) is 4.64. The van der Waals surface area contributed by atoms with Gasteiger partial charge in [-0.2, -0.15) is 0 Å². The molecule has 2 N–H and O–H groups in total. The van der Waals surface area contributed by atoms with Gasteiger partial charge in [0.15, 0.2) is 6.61 Å². The minimum absolute atomic E-state index is 0.202. The molecule has 5 nitrogen and oxygen atoms in total. The number of aromatic amines is 2. The SMILES string of the molecule is Cc1[nH]c2ccccc2c1C(=O)COC(=O)c1ccc2[nH]c3c(c2c1)C[C@@H](C)CC3. The zero-order valence-electron chi connectivity index (χ0n) is 17.2.